The third kappa shape index (κ3) is 4.78. The first kappa shape index (κ1) is 13.9. The van der Waals surface area contributed by atoms with E-state index in [4.69, 9.17) is 9.47 Å². The second-order valence-electron chi connectivity index (χ2n) is 4.19. The van der Waals surface area contributed by atoms with Crippen molar-refractivity contribution in [3.05, 3.63) is 0 Å². The lowest BCUT2D eigenvalue weighted by molar-refractivity contribution is -0.0861. The molecule has 16 heavy (non-hydrogen) atoms. The molecular weight excluding hydrogens is 230 g/mol. The number of nitrogens with one attached hydrogen (secondary N) is 1. The summed E-state index contributed by atoms with van der Waals surface area (Å²) in [5.41, 5.74) is 0. The predicted molar refractivity (Wildman–Crippen MR) is 62.4 cm³/mol. The van der Waals surface area contributed by atoms with Crippen molar-refractivity contribution in [3.63, 3.8) is 0 Å². The van der Waals surface area contributed by atoms with Gasteiger partial charge < -0.3 is 14.8 Å². The van der Waals surface area contributed by atoms with Crippen molar-refractivity contribution in [3.8, 4) is 0 Å². The Morgan fingerprint density at radius 2 is 2.12 bits per heavy atom. The van der Waals surface area contributed by atoms with Gasteiger partial charge in [-0.05, 0) is 13.8 Å². The molecule has 0 radical (unpaired) electrons. The standard InChI is InChI=1S/C10H21NO4S/c1-9(2)16(12,13)6-3-11-7-10-8-14-4-5-15-10/h9-11H,3-8H2,1-2H3. The van der Waals surface area contributed by atoms with E-state index < -0.39 is 9.84 Å². The number of rotatable bonds is 6. The maximum atomic E-state index is 11.5. The highest BCUT2D eigenvalue weighted by Crippen LogP contribution is 2.00. The summed E-state index contributed by atoms with van der Waals surface area (Å²) in [5.74, 6) is 0.179. The van der Waals surface area contributed by atoms with E-state index in [1.807, 2.05) is 0 Å². The second-order valence-corrected chi connectivity index (χ2v) is 6.86. The number of sulfone groups is 1. The Kier molecular flexibility index (Phi) is 5.68. The molecule has 0 aromatic rings. The van der Waals surface area contributed by atoms with Gasteiger partial charge in [-0.3, -0.25) is 0 Å². The van der Waals surface area contributed by atoms with E-state index in [2.05, 4.69) is 5.32 Å². The van der Waals surface area contributed by atoms with Crippen LogP contribution in [0, 0.1) is 0 Å². The van der Waals surface area contributed by atoms with E-state index in [0.29, 0.717) is 32.9 Å². The number of ether oxygens (including phenoxy) is 2. The highest BCUT2D eigenvalue weighted by molar-refractivity contribution is 7.92. The monoisotopic (exact) mass is 251 g/mol. The molecule has 0 aliphatic carbocycles. The zero-order valence-corrected chi connectivity index (χ0v) is 10.8. The van der Waals surface area contributed by atoms with Crippen molar-refractivity contribution in [2.45, 2.75) is 25.2 Å². The van der Waals surface area contributed by atoms with Crippen LogP contribution in [0.4, 0.5) is 0 Å². The molecule has 6 heteroatoms. The van der Waals surface area contributed by atoms with Crippen LogP contribution >= 0.6 is 0 Å². The van der Waals surface area contributed by atoms with Crippen molar-refractivity contribution >= 4 is 9.84 Å². The van der Waals surface area contributed by atoms with Crippen molar-refractivity contribution in [2.24, 2.45) is 0 Å². The molecule has 1 heterocycles. The van der Waals surface area contributed by atoms with Crippen LogP contribution in [0.25, 0.3) is 0 Å². The molecule has 96 valence electrons. The van der Waals surface area contributed by atoms with Crippen molar-refractivity contribution in [2.75, 3.05) is 38.7 Å². The van der Waals surface area contributed by atoms with Crippen molar-refractivity contribution < 1.29 is 17.9 Å². The molecule has 0 aromatic heterocycles. The fraction of sp³-hybridized carbons (Fsp3) is 1.00. The van der Waals surface area contributed by atoms with Gasteiger partial charge in [0.05, 0.1) is 36.9 Å². The SMILES string of the molecule is CC(C)S(=O)(=O)CCNCC1COCCO1. The van der Waals surface area contributed by atoms with Crippen molar-refractivity contribution in [1.29, 1.82) is 0 Å². The van der Waals surface area contributed by atoms with Gasteiger partial charge in [-0.2, -0.15) is 0 Å². The summed E-state index contributed by atoms with van der Waals surface area (Å²) in [6, 6.07) is 0. The molecule has 1 aliphatic rings. The van der Waals surface area contributed by atoms with Gasteiger partial charge in [0.15, 0.2) is 9.84 Å². The normalized spacial score (nSPS) is 22.6. The van der Waals surface area contributed by atoms with Gasteiger partial charge in [-0.25, -0.2) is 8.42 Å². The van der Waals surface area contributed by atoms with Gasteiger partial charge in [-0.15, -0.1) is 0 Å². The molecule has 1 unspecified atom stereocenters. The highest BCUT2D eigenvalue weighted by Gasteiger charge is 2.17. The van der Waals surface area contributed by atoms with E-state index >= 15 is 0 Å². The van der Waals surface area contributed by atoms with Crippen LogP contribution in [0.2, 0.25) is 0 Å². The fourth-order valence-corrected chi connectivity index (χ4v) is 2.27. The topological polar surface area (TPSA) is 64.6 Å². The molecule has 0 aromatic carbocycles. The van der Waals surface area contributed by atoms with Crippen LogP contribution in [0.15, 0.2) is 0 Å². The molecular formula is C10H21NO4S. The summed E-state index contributed by atoms with van der Waals surface area (Å²) in [5, 5.41) is 2.78. The summed E-state index contributed by atoms with van der Waals surface area (Å²) in [6.07, 6.45) is 0.0514. The first-order chi connectivity index (χ1) is 7.52. The minimum Gasteiger partial charge on any atom is -0.376 e. The Bertz CT molecular complexity index is 283. The molecule has 0 spiro atoms. The molecule has 5 nitrogen and oxygen atoms in total. The average molecular weight is 251 g/mol. The number of hydrogen-bond donors (Lipinski definition) is 1. The Morgan fingerprint density at radius 1 is 1.38 bits per heavy atom. The van der Waals surface area contributed by atoms with Gasteiger partial charge in [0.25, 0.3) is 0 Å². The first-order valence-electron chi connectivity index (χ1n) is 5.64. The molecule has 1 aliphatic heterocycles. The first-order valence-corrected chi connectivity index (χ1v) is 7.35. The second kappa shape index (κ2) is 6.54. The molecule has 0 amide bonds. The summed E-state index contributed by atoms with van der Waals surface area (Å²) < 4.78 is 33.6. The molecule has 1 atom stereocenters. The maximum absolute atomic E-state index is 11.5. The molecule has 1 fully saturated rings. The fourth-order valence-electron chi connectivity index (χ4n) is 1.37. The van der Waals surface area contributed by atoms with E-state index in [1.54, 1.807) is 13.8 Å². The van der Waals surface area contributed by atoms with Gasteiger partial charge in [0, 0.05) is 13.1 Å². The molecule has 0 bridgehead atoms. The summed E-state index contributed by atoms with van der Waals surface area (Å²) >= 11 is 0. The molecule has 0 saturated carbocycles. The van der Waals surface area contributed by atoms with E-state index in [-0.39, 0.29) is 17.1 Å². The van der Waals surface area contributed by atoms with Crippen LogP contribution < -0.4 is 5.32 Å². The van der Waals surface area contributed by atoms with E-state index in [0.717, 1.165) is 0 Å². The third-order valence-electron chi connectivity index (χ3n) is 2.54. The van der Waals surface area contributed by atoms with Crippen LogP contribution in [0.1, 0.15) is 13.8 Å². The predicted octanol–water partition coefficient (Wildman–Crippen LogP) is -0.185. The van der Waals surface area contributed by atoms with Crippen LogP contribution in [0.3, 0.4) is 0 Å². The number of hydrogen-bond acceptors (Lipinski definition) is 5. The zero-order valence-electron chi connectivity index (χ0n) is 9.94. The maximum Gasteiger partial charge on any atom is 0.153 e. The molecule has 1 rings (SSSR count). The van der Waals surface area contributed by atoms with Gasteiger partial charge in [0.2, 0.25) is 0 Å². The van der Waals surface area contributed by atoms with Crippen molar-refractivity contribution in [1.82, 2.24) is 5.32 Å². The van der Waals surface area contributed by atoms with Crippen LogP contribution in [-0.2, 0) is 19.3 Å². The lowest BCUT2D eigenvalue weighted by Gasteiger charge is -2.23. The highest BCUT2D eigenvalue weighted by atomic mass is 32.2. The summed E-state index contributed by atoms with van der Waals surface area (Å²) in [6.45, 7) is 6.38. The minimum absolute atomic E-state index is 0.0514. The van der Waals surface area contributed by atoms with Crippen LogP contribution in [-0.4, -0.2) is 58.4 Å². The zero-order chi connectivity index (χ0) is 12.0. The smallest absolute Gasteiger partial charge is 0.153 e. The average Bonchev–Trinajstić information content (AvgIpc) is 2.26. The Labute approximate surface area is 97.4 Å². The molecule has 1 saturated heterocycles. The van der Waals surface area contributed by atoms with Crippen LogP contribution in [0.5, 0.6) is 0 Å². The largest absolute Gasteiger partial charge is 0.376 e. The lowest BCUT2D eigenvalue weighted by Crippen LogP contribution is -2.39. The third-order valence-corrected chi connectivity index (χ3v) is 4.75. The van der Waals surface area contributed by atoms with E-state index in [9.17, 15) is 8.42 Å². The quantitative estimate of drug-likeness (QED) is 0.663. The van der Waals surface area contributed by atoms with Gasteiger partial charge in [-0.1, -0.05) is 0 Å². The molecule has 1 N–H and O–H groups in total. The van der Waals surface area contributed by atoms with Gasteiger partial charge >= 0.3 is 0 Å². The van der Waals surface area contributed by atoms with Gasteiger partial charge in [0.1, 0.15) is 0 Å². The summed E-state index contributed by atoms with van der Waals surface area (Å²) in [4.78, 5) is 0. The summed E-state index contributed by atoms with van der Waals surface area (Å²) in [7, 11) is -2.94. The Hall–Kier alpha value is -0.170. The minimum atomic E-state index is -2.94. The Balaban J connectivity index is 2.11. The Morgan fingerprint density at radius 3 is 2.69 bits per heavy atom. The van der Waals surface area contributed by atoms with E-state index in [1.165, 1.54) is 0 Å². The lowest BCUT2D eigenvalue weighted by atomic mass is 10.3.